The number of ether oxygens (including phenoxy) is 1. The standard InChI is InChI=1S/C14H18N2O/c1-2-14-12(3-6-15-14)9-13(1)16-10-11-4-7-17-8-5-11/h1-3,6,9,11,15-16H,4-5,7-8,10H2. The minimum atomic E-state index is 0.755. The molecule has 0 spiro atoms. The Labute approximate surface area is 101 Å². The molecule has 0 saturated carbocycles. The molecule has 0 bridgehead atoms. The van der Waals surface area contributed by atoms with Crippen molar-refractivity contribution in [2.24, 2.45) is 5.92 Å². The number of rotatable bonds is 3. The Morgan fingerprint density at radius 3 is 3.00 bits per heavy atom. The molecule has 0 radical (unpaired) electrons. The van der Waals surface area contributed by atoms with E-state index in [1.165, 1.54) is 29.4 Å². The quantitative estimate of drug-likeness (QED) is 0.850. The van der Waals surface area contributed by atoms with E-state index in [2.05, 4.69) is 34.6 Å². The minimum absolute atomic E-state index is 0.755. The highest BCUT2D eigenvalue weighted by Gasteiger charge is 2.13. The van der Waals surface area contributed by atoms with Crippen LogP contribution in [0.2, 0.25) is 0 Å². The van der Waals surface area contributed by atoms with Gasteiger partial charge in [0.25, 0.3) is 0 Å². The van der Waals surface area contributed by atoms with Crippen LogP contribution in [0.25, 0.3) is 10.9 Å². The fourth-order valence-electron chi connectivity index (χ4n) is 2.38. The molecule has 3 rings (SSSR count). The predicted octanol–water partition coefficient (Wildman–Crippen LogP) is 3.01. The molecule has 1 aliphatic heterocycles. The van der Waals surface area contributed by atoms with Gasteiger partial charge in [0.2, 0.25) is 0 Å². The third-order valence-corrected chi connectivity index (χ3v) is 3.49. The number of benzene rings is 1. The van der Waals surface area contributed by atoms with Crippen molar-refractivity contribution in [1.29, 1.82) is 0 Å². The SMILES string of the molecule is c1cc2cc(NCC3CCOCC3)ccc2[nH]1. The Hall–Kier alpha value is -1.48. The summed E-state index contributed by atoms with van der Waals surface area (Å²) in [6.07, 6.45) is 4.34. The van der Waals surface area contributed by atoms with Crippen molar-refractivity contribution in [3.05, 3.63) is 30.5 Å². The van der Waals surface area contributed by atoms with Crippen LogP contribution >= 0.6 is 0 Å². The smallest absolute Gasteiger partial charge is 0.0469 e. The normalized spacial score (nSPS) is 17.4. The van der Waals surface area contributed by atoms with Crippen LogP contribution in [0.3, 0.4) is 0 Å². The third kappa shape index (κ3) is 2.44. The Morgan fingerprint density at radius 1 is 1.24 bits per heavy atom. The van der Waals surface area contributed by atoms with E-state index in [9.17, 15) is 0 Å². The molecule has 0 amide bonds. The van der Waals surface area contributed by atoms with Crippen molar-refractivity contribution < 1.29 is 4.74 Å². The second kappa shape index (κ2) is 4.80. The van der Waals surface area contributed by atoms with Crippen molar-refractivity contribution in [3.8, 4) is 0 Å². The van der Waals surface area contributed by atoms with E-state index in [0.29, 0.717) is 0 Å². The van der Waals surface area contributed by atoms with Gasteiger partial charge in [-0.15, -0.1) is 0 Å². The van der Waals surface area contributed by atoms with Gasteiger partial charge in [0.05, 0.1) is 0 Å². The summed E-state index contributed by atoms with van der Waals surface area (Å²) in [4.78, 5) is 3.21. The molecular weight excluding hydrogens is 212 g/mol. The minimum Gasteiger partial charge on any atom is -0.385 e. The summed E-state index contributed by atoms with van der Waals surface area (Å²) in [6, 6.07) is 8.57. The van der Waals surface area contributed by atoms with Crippen LogP contribution in [0.4, 0.5) is 5.69 Å². The lowest BCUT2D eigenvalue weighted by molar-refractivity contribution is 0.0699. The molecule has 1 aromatic heterocycles. The predicted molar refractivity (Wildman–Crippen MR) is 70.3 cm³/mol. The van der Waals surface area contributed by atoms with E-state index >= 15 is 0 Å². The molecule has 2 N–H and O–H groups in total. The van der Waals surface area contributed by atoms with Gasteiger partial charge in [0.15, 0.2) is 0 Å². The fourth-order valence-corrected chi connectivity index (χ4v) is 2.38. The third-order valence-electron chi connectivity index (χ3n) is 3.49. The molecule has 17 heavy (non-hydrogen) atoms. The van der Waals surface area contributed by atoms with Crippen molar-refractivity contribution in [1.82, 2.24) is 4.98 Å². The second-order valence-electron chi connectivity index (χ2n) is 4.72. The Kier molecular flexibility index (Phi) is 3.01. The summed E-state index contributed by atoms with van der Waals surface area (Å²) < 4.78 is 5.37. The Balaban J connectivity index is 1.63. The van der Waals surface area contributed by atoms with E-state index in [1.807, 2.05) is 6.20 Å². The first kappa shape index (κ1) is 10.7. The first-order valence-corrected chi connectivity index (χ1v) is 6.30. The highest BCUT2D eigenvalue weighted by molar-refractivity contribution is 5.82. The molecule has 0 atom stereocenters. The zero-order chi connectivity index (χ0) is 11.5. The van der Waals surface area contributed by atoms with Gasteiger partial charge in [0, 0.05) is 42.5 Å². The van der Waals surface area contributed by atoms with Crippen molar-refractivity contribution in [2.45, 2.75) is 12.8 Å². The first-order valence-electron chi connectivity index (χ1n) is 6.30. The molecule has 0 unspecified atom stereocenters. The van der Waals surface area contributed by atoms with Gasteiger partial charge in [-0.25, -0.2) is 0 Å². The number of anilines is 1. The summed E-state index contributed by atoms with van der Waals surface area (Å²) >= 11 is 0. The molecule has 2 heterocycles. The molecule has 90 valence electrons. The number of H-pyrrole nitrogens is 1. The molecule has 0 aliphatic carbocycles. The van der Waals surface area contributed by atoms with E-state index < -0.39 is 0 Å². The Morgan fingerprint density at radius 2 is 2.12 bits per heavy atom. The molecule has 1 aliphatic rings. The zero-order valence-electron chi connectivity index (χ0n) is 9.91. The van der Waals surface area contributed by atoms with Gasteiger partial charge < -0.3 is 15.0 Å². The van der Waals surface area contributed by atoms with Gasteiger partial charge in [0.1, 0.15) is 0 Å². The van der Waals surface area contributed by atoms with Crippen molar-refractivity contribution in [2.75, 3.05) is 25.1 Å². The van der Waals surface area contributed by atoms with E-state index in [0.717, 1.165) is 25.7 Å². The molecule has 3 heteroatoms. The number of hydrogen-bond acceptors (Lipinski definition) is 2. The van der Waals surface area contributed by atoms with Crippen LogP contribution in [0, 0.1) is 5.92 Å². The average molecular weight is 230 g/mol. The topological polar surface area (TPSA) is 37.0 Å². The zero-order valence-corrected chi connectivity index (χ0v) is 9.91. The lowest BCUT2D eigenvalue weighted by atomic mass is 10.0. The monoisotopic (exact) mass is 230 g/mol. The summed E-state index contributed by atoms with van der Waals surface area (Å²) in [7, 11) is 0. The summed E-state index contributed by atoms with van der Waals surface area (Å²) in [5.41, 5.74) is 2.41. The highest BCUT2D eigenvalue weighted by Crippen LogP contribution is 2.20. The lowest BCUT2D eigenvalue weighted by Crippen LogP contribution is -2.22. The van der Waals surface area contributed by atoms with Crippen LogP contribution in [0.1, 0.15) is 12.8 Å². The highest BCUT2D eigenvalue weighted by atomic mass is 16.5. The van der Waals surface area contributed by atoms with Crippen LogP contribution in [0.15, 0.2) is 30.5 Å². The maximum Gasteiger partial charge on any atom is 0.0469 e. The molecular formula is C14H18N2O. The van der Waals surface area contributed by atoms with Gasteiger partial charge in [-0.3, -0.25) is 0 Å². The maximum absolute atomic E-state index is 5.37. The van der Waals surface area contributed by atoms with Crippen LogP contribution in [-0.4, -0.2) is 24.7 Å². The molecule has 2 aromatic rings. The summed E-state index contributed by atoms with van der Waals surface area (Å²) in [5.74, 6) is 0.755. The van der Waals surface area contributed by atoms with Crippen LogP contribution in [0.5, 0.6) is 0 Å². The number of aromatic amines is 1. The average Bonchev–Trinajstić information content (AvgIpc) is 2.85. The maximum atomic E-state index is 5.37. The summed E-state index contributed by atoms with van der Waals surface area (Å²) in [6.45, 7) is 2.89. The van der Waals surface area contributed by atoms with Crippen LogP contribution in [-0.2, 0) is 4.74 Å². The van der Waals surface area contributed by atoms with E-state index in [-0.39, 0.29) is 0 Å². The Bertz CT molecular complexity index is 486. The number of nitrogens with one attached hydrogen (secondary N) is 2. The van der Waals surface area contributed by atoms with Crippen molar-refractivity contribution >= 4 is 16.6 Å². The number of hydrogen-bond donors (Lipinski definition) is 2. The molecule has 1 aromatic carbocycles. The van der Waals surface area contributed by atoms with Crippen LogP contribution < -0.4 is 5.32 Å². The first-order chi connectivity index (χ1) is 8.42. The molecule has 3 nitrogen and oxygen atoms in total. The summed E-state index contributed by atoms with van der Waals surface area (Å²) in [5, 5.41) is 4.79. The van der Waals surface area contributed by atoms with Gasteiger partial charge in [-0.2, -0.15) is 0 Å². The lowest BCUT2D eigenvalue weighted by Gasteiger charge is -2.22. The fraction of sp³-hybridized carbons (Fsp3) is 0.429. The molecule has 1 saturated heterocycles. The number of aromatic nitrogens is 1. The van der Waals surface area contributed by atoms with Gasteiger partial charge >= 0.3 is 0 Å². The van der Waals surface area contributed by atoms with E-state index in [4.69, 9.17) is 4.74 Å². The van der Waals surface area contributed by atoms with E-state index in [1.54, 1.807) is 0 Å². The van der Waals surface area contributed by atoms with Crippen molar-refractivity contribution in [3.63, 3.8) is 0 Å². The number of fused-ring (bicyclic) bond motifs is 1. The van der Waals surface area contributed by atoms with Gasteiger partial charge in [-0.05, 0) is 43.0 Å². The molecule has 1 fully saturated rings. The largest absolute Gasteiger partial charge is 0.385 e. The van der Waals surface area contributed by atoms with Gasteiger partial charge in [-0.1, -0.05) is 0 Å². The second-order valence-corrected chi connectivity index (χ2v) is 4.72.